The summed E-state index contributed by atoms with van der Waals surface area (Å²) >= 11 is 0. The van der Waals surface area contributed by atoms with Crippen LogP contribution in [0.25, 0.3) is 0 Å². The maximum absolute atomic E-state index is 10.6. The Kier molecular flexibility index (Phi) is 1.98. The van der Waals surface area contributed by atoms with Gasteiger partial charge in [0.15, 0.2) is 5.72 Å². The second-order valence-electron chi connectivity index (χ2n) is 4.19. The highest BCUT2D eigenvalue weighted by Gasteiger charge is 2.35. The SMILES string of the molecule is OC1(c2ccccc2)Cc2ccccc2N1. The Morgan fingerprint density at radius 2 is 1.62 bits per heavy atom. The smallest absolute Gasteiger partial charge is 0.166 e. The second-order valence-corrected chi connectivity index (χ2v) is 4.19. The van der Waals surface area contributed by atoms with Crippen LogP contribution in [0, 0.1) is 0 Å². The van der Waals surface area contributed by atoms with Crippen molar-refractivity contribution in [3.05, 3.63) is 65.7 Å². The highest BCUT2D eigenvalue weighted by atomic mass is 16.3. The van der Waals surface area contributed by atoms with Crippen molar-refractivity contribution in [2.24, 2.45) is 0 Å². The third kappa shape index (κ3) is 1.39. The van der Waals surface area contributed by atoms with Crippen LogP contribution in [0.4, 0.5) is 5.69 Å². The molecule has 2 nitrogen and oxygen atoms in total. The van der Waals surface area contributed by atoms with Crippen LogP contribution in [0.5, 0.6) is 0 Å². The van der Waals surface area contributed by atoms with Crippen molar-refractivity contribution in [2.75, 3.05) is 5.32 Å². The van der Waals surface area contributed by atoms with Crippen molar-refractivity contribution in [3.63, 3.8) is 0 Å². The zero-order chi connectivity index (χ0) is 11.0. The van der Waals surface area contributed by atoms with Crippen LogP contribution in [0.15, 0.2) is 54.6 Å². The summed E-state index contributed by atoms with van der Waals surface area (Å²) in [6, 6.07) is 17.7. The van der Waals surface area contributed by atoms with E-state index in [1.54, 1.807) is 0 Å². The van der Waals surface area contributed by atoms with Crippen LogP contribution >= 0.6 is 0 Å². The molecule has 0 saturated carbocycles. The molecule has 2 aromatic carbocycles. The first-order valence-corrected chi connectivity index (χ1v) is 5.42. The van der Waals surface area contributed by atoms with E-state index < -0.39 is 5.72 Å². The molecular formula is C14H13NO. The lowest BCUT2D eigenvalue weighted by molar-refractivity contribution is 0.0757. The Morgan fingerprint density at radius 1 is 0.938 bits per heavy atom. The van der Waals surface area contributed by atoms with Crippen molar-refractivity contribution in [1.82, 2.24) is 0 Å². The maximum Gasteiger partial charge on any atom is 0.166 e. The molecule has 1 unspecified atom stereocenters. The summed E-state index contributed by atoms with van der Waals surface area (Å²) in [4.78, 5) is 0. The number of hydrogen-bond acceptors (Lipinski definition) is 2. The topological polar surface area (TPSA) is 32.3 Å². The van der Waals surface area contributed by atoms with Gasteiger partial charge >= 0.3 is 0 Å². The minimum atomic E-state index is -0.953. The quantitative estimate of drug-likeness (QED) is 0.759. The Bertz CT molecular complexity index is 482. The molecule has 1 aliphatic heterocycles. The molecule has 80 valence electrons. The van der Waals surface area contributed by atoms with Crippen molar-refractivity contribution >= 4 is 5.69 Å². The highest BCUT2D eigenvalue weighted by Crippen LogP contribution is 2.36. The van der Waals surface area contributed by atoms with Gasteiger partial charge < -0.3 is 10.4 Å². The average Bonchev–Trinajstić information content (AvgIpc) is 2.68. The summed E-state index contributed by atoms with van der Waals surface area (Å²) in [5.41, 5.74) is 2.14. The molecule has 1 aliphatic rings. The first-order valence-electron chi connectivity index (χ1n) is 5.42. The number of benzene rings is 2. The summed E-state index contributed by atoms with van der Waals surface area (Å²) in [5.74, 6) is 0. The molecule has 0 radical (unpaired) electrons. The van der Waals surface area contributed by atoms with E-state index in [9.17, 15) is 5.11 Å². The van der Waals surface area contributed by atoms with Gasteiger partial charge in [-0.3, -0.25) is 0 Å². The molecule has 0 fully saturated rings. The van der Waals surface area contributed by atoms with Gasteiger partial charge in [0, 0.05) is 17.7 Å². The normalized spacial score (nSPS) is 22.6. The zero-order valence-corrected chi connectivity index (χ0v) is 8.85. The number of para-hydroxylation sites is 1. The first kappa shape index (κ1) is 9.43. The van der Waals surface area contributed by atoms with Crippen LogP contribution in [0.2, 0.25) is 0 Å². The van der Waals surface area contributed by atoms with E-state index in [1.807, 2.05) is 54.6 Å². The van der Waals surface area contributed by atoms with Gasteiger partial charge in [-0.05, 0) is 11.6 Å². The van der Waals surface area contributed by atoms with Gasteiger partial charge in [0.25, 0.3) is 0 Å². The third-order valence-corrected chi connectivity index (χ3v) is 3.06. The molecule has 3 rings (SSSR count). The van der Waals surface area contributed by atoms with Crippen LogP contribution in [0.1, 0.15) is 11.1 Å². The van der Waals surface area contributed by atoms with Crippen molar-refractivity contribution in [2.45, 2.75) is 12.1 Å². The summed E-state index contributed by atoms with van der Waals surface area (Å²) in [5, 5.41) is 13.8. The maximum atomic E-state index is 10.6. The van der Waals surface area contributed by atoms with Crippen LogP contribution in [0.3, 0.4) is 0 Å². The van der Waals surface area contributed by atoms with Gasteiger partial charge in [-0.1, -0.05) is 48.5 Å². The Morgan fingerprint density at radius 3 is 2.38 bits per heavy atom. The number of rotatable bonds is 1. The van der Waals surface area contributed by atoms with E-state index in [4.69, 9.17) is 0 Å². The zero-order valence-electron chi connectivity index (χ0n) is 8.85. The molecule has 2 N–H and O–H groups in total. The molecule has 0 spiro atoms. The predicted molar refractivity (Wildman–Crippen MR) is 64.1 cm³/mol. The first-order chi connectivity index (χ1) is 7.78. The van der Waals surface area contributed by atoms with E-state index in [1.165, 1.54) is 0 Å². The van der Waals surface area contributed by atoms with E-state index in [0.717, 1.165) is 16.8 Å². The minimum Gasteiger partial charge on any atom is -0.367 e. The lowest BCUT2D eigenvalue weighted by Crippen LogP contribution is -2.32. The van der Waals surface area contributed by atoms with Crippen LogP contribution in [-0.2, 0) is 12.1 Å². The van der Waals surface area contributed by atoms with Gasteiger partial charge in [-0.2, -0.15) is 0 Å². The number of hydrogen-bond donors (Lipinski definition) is 2. The summed E-state index contributed by atoms with van der Waals surface area (Å²) in [6.45, 7) is 0. The van der Waals surface area contributed by atoms with Crippen LogP contribution in [-0.4, -0.2) is 5.11 Å². The highest BCUT2D eigenvalue weighted by molar-refractivity contribution is 5.59. The molecule has 2 heteroatoms. The fraction of sp³-hybridized carbons (Fsp3) is 0.143. The molecule has 0 amide bonds. The largest absolute Gasteiger partial charge is 0.367 e. The molecular weight excluding hydrogens is 198 g/mol. The molecule has 2 aromatic rings. The van der Waals surface area contributed by atoms with Crippen molar-refractivity contribution in [1.29, 1.82) is 0 Å². The molecule has 1 heterocycles. The summed E-state index contributed by atoms with van der Waals surface area (Å²) in [7, 11) is 0. The van der Waals surface area contributed by atoms with Gasteiger partial charge in [-0.15, -0.1) is 0 Å². The summed E-state index contributed by atoms with van der Waals surface area (Å²) in [6.07, 6.45) is 0.618. The van der Waals surface area contributed by atoms with E-state index >= 15 is 0 Å². The van der Waals surface area contributed by atoms with Crippen molar-refractivity contribution < 1.29 is 5.11 Å². The Balaban J connectivity index is 2.01. The third-order valence-electron chi connectivity index (χ3n) is 3.06. The molecule has 0 aromatic heterocycles. The van der Waals surface area contributed by atoms with E-state index in [0.29, 0.717) is 6.42 Å². The molecule has 0 saturated heterocycles. The number of fused-ring (bicyclic) bond motifs is 1. The predicted octanol–water partition coefficient (Wildman–Crippen LogP) is 2.50. The average molecular weight is 211 g/mol. The fourth-order valence-corrected chi connectivity index (χ4v) is 2.23. The molecule has 0 aliphatic carbocycles. The molecule has 16 heavy (non-hydrogen) atoms. The second kappa shape index (κ2) is 3.35. The lowest BCUT2D eigenvalue weighted by Gasteiger charge is -2.24. The van der Waals surface area contributed by atoms with E-state index in [2.05, 4.69) is 5.32 Å². The van der Waals surface area contributed by atoms with Crippen LogP contribution < -0.4 is 5.32 Å². The number of nitrogens with one attached hydrogen (secondary N) is 1. The van der Waals surface area contributed by atoms with E-state index in [-0.39, 0.29) is 0 Å². The van der Waals surface area contributed by atoms with Gasteiger partial charge in [0.2, 0.25) is 0 Å². The molecule has 1 atom stereocenters. The fourth-order valence-electron chi connectivity index (χ4n) is 2.23. The van der Waals surface area contributed by atoms with Gasteiger partial charge in [-0.25, -0.2) is 0 Å². The molecule has 0 bridgehead atoms. The minimum absolute atomic E-state index is 0.618. The number of anilines is 1. The van der Waals surface area contributed by atoms with Crippen molar-refractivity contribution in [3.8, 4) is 0 Å². The van der Waals surface area contributed by atoms with Gasteiger partial charge in [0.1, 0.15) is 0 Å². The van der Waals surface area contributed by atoms with Gasteiger partial charge in [0.05, 0.1) is 0 Å². The monoisotopic (exact) mass is 211 g/mol. The number of aliphatic hydroxyl groups is 1. The lowest BCUT2D eigenvalue weighted by atomic mass is 9.99. The summed E-state index contributed by atoms with van der Waals surface area (Å²) < 4.78 is 0. The Hall–Kier alpha value is -1.80. The Labute approximate surface area is 94.6 Å². The standard InChI is InChI=1S/C14H13NO/c16-14(12-7-2-1-3-8-12)10-11-6-4-5-9-13(11)15-14/h1-9,15-16H,10H2.